The van der Waals surface area contributed by atoms with Gasteiger partial charge in [0.15, 0.2) is 5.69 Å². The molecule has 0 bridgehead atoms. The number of likely N-dealkylation sites (tertiary alicyclic amines) is 1. The molecule has 1 aliphatic carbocycles. The van der Waals surface area contributed by atoms with Gasteiger partial charge in [-0.1, -0.05) is 6.42 Å². The lowest BCUT2D eigenvalue weighted by Crippen LogP contribution is -2.38. The summed E-state index contributed by atoms with van der Waals surface area (Å²) in [4.78, 5) is 15.2. The summed E-state index contributed by atoms with van der Waals surface area (Å²) in [5.74, 6) is 0.896. The summed E-state index contributed by atoms with van der Waals surface area (Å²) >= 11 is 0. The van der Waals surface area contributed by atoms with Crippen LogP contribution in [0.4, 0.5) is 0 Å². The van der Waals surface area contributed by atoms with E-state index in [4.69, 9.17) is 4.42 Å². The Morgan fingerprint density at radius 3 is 2.96 bits per heavy atom. The van der Waals surface area contributed by atoms with Crippen LogP contribution >= 0.6 is 0 Å². The Bertz CT molecular complexity index is 777. The predicted molar refractivity (Wildman–Crippen MR) is 107 cm³/mol. The quantitative estimate of drug-likeness (QED) is 0.761. The number of aryl methyl sites for hydroxylation is 1. The Labute approximate surface area is 166 Å². The fourth-order valence-corrected chi connectivity index (χ4v) is 4.40. The number of hydrogen-bond acceptors (Lipinski definition) is 5. The highest BCUT2D eigenvalue weighted by atomic mass is 16.3. The van der Waals surface area contributed by atoms with E-state index < -0.39 is 0 Å². The maximum absolute atomic E-state index is 12.8. The summed E-state index contributed by atoms with van der Waals surface area (Å²) in [7, 11) is 1.94. The van der Waals surface area contributed by atoms with Crippen LogP contribution in [0.5, 0.6) is 0 Å². The molecule has 1 aliphatic heterocycles. The first-order valence-corrected chi connectivity index (χ1v) is 10.5. The smallest absolute Gasteiger partial charge is 0.272 e. The molecule has 28 heavy (non-hydrogen) atoms. The van der Waals surface area contributed by atoms with E-state index in [-0.39, 0.29) is 5.91 Å². The molecule has 0 aromatic carbocycles. The van der Waals surface area contributed by atoms with E-state index in [0.29, 0.717) is 24.8 Å². The second kappa shape index (κ2) is 8.92. The van der Waals surface area contributed by atoms with Gasteiger partial charge in [-0.15, -0.1) is 0 Å². The molecule has 1 saturated heterocycles. The van der Waals surface area contributed by atoms with Crippen LogP contribution in [0.2, 0.25) is 0 Å². The largest absolute Gasteiger partial charge is 0.468 e. The van der Waals surface area contributed by atoms with Gasteiger partial charge in [-0.25, -0.2) is 0 Å². The standard InChI is InChI=1S/C21H31N5O2/c1-25-19-8-7-16(23-15-17-6-5-13-28-17)14-18(19)20(24-25)21(27)22-9-12-26-10-3-2-4-11-26/h5-6,13,16,23H,2-4,7-12,14-15H2,1H3,(H,22,27). The Balaban J connectivity index is 1.34. The lowest BCUT2D eigenvalue weighted by molar-refractivity contribution is 0.0939. The van der Waals surface area contributed by atoms with Crippen molar-refractivity contribution in [1.29, 1.82) is 0 Å². The first-order valence-electron chi connectivity index (χ1n) is 10.5. The average Bonchev–Trinajstić information content (AvgIpc) is 3.35. The molecular formula is C21H31N5O2. The molecule has 0 radical (unpaired) electrons. The molecule has 0 spiro atoms. The van der Waals surface area contributed by atoms with Crippen molar-refractivity contribution in [1.82, 2.24) is 25.3 Å². The highest BCUT2D eigenvalue weighted by Crippen LogP contribution is 2.24. The molecule has 3 heterocycles. The highest BCUT2D eigenvalue weighted by molar-refractivity contribution is 5.94. The number of hydrogen-bond donors (Lipinski definition) is 2. The zero-order valence-electron chi connectivity index (χ0n) is 16.7. The number of carbonyl (C=O) groups excluding carboxylic acids is 1. The summed E-state index contributed by atoms with van der Waals surface area (Å²) in [5, 5.41) is 11.2. The van der Waals surface area contributed by atoms with Gasteiger partial charge in [-0.2, -0.15) is 5.10 Å². The van der Waals surface area contributed by atoms with E-state index in [1.165, 1.54) is 25.0 Å². The zero-order chi connectivity index (χ0) is 19.3. The fraction of sp³-hybridized carbons (Fsp3) is 0.619. The SMILES string of the molecule is Cn1nc(C(=O)NCCN2CCCCC2)c2c1CCC(NCc1ccco1)C2. The summed E-state index contributed by atoms with van der Waals surface area (Å²) in [6.07, 6.45) is 8.39. The lowest BCUT2D eigenvalue weighted by atomic mass is 9.91. The van der Waals surface area contributed by atoms with E-state index in [1.807, 2.05) is 23.9 Å². The van der Waals surface area contributed by atoms with Crippen molar-refractivity contribution in [2.45, 2.75) is 51.1 Å². The van der Waals surface area contributed by atoms with Crippen LogP contribution in [-0.2, 0) is 26.4 Å². The third-order valence-corrected chi connectivity index (χ3v) is 5.98. The average molecular weight is 386 g/mol. The maximum Gasteiger partial charge on any atom is 0.272 e. The van der Waals surface area contributed by atoms with E-state index in [9.17, 15) is 4.79 Å². The fourth-order valence-electron chi connectivity index (χ4n) is 4.40. The third-order valence-electron chi connectivity index (χ3n) is 5.98. The lowest BCUT2D eigenvalue weighted by Gasteiger charge is -2.26. The maximum atomic E-state index is 12.8. The number of nitrogens with one attached hydrogen (secondary N) is 2. The van der Waals surface area contributed by atoms with Gasteiger partial charge in [0.1, 0.15) is 5.76 Å². The van der Waals surface area contributed by atoms with Crippen molar-refractivity contribution in [2.75, 3.05) is 26.2 Å². The minimum absolute atomic E-state index is 0.0412. The number of nitrogens with zero attached hydrogens (tertiary/aromatic N) is 3. The number of aromatic nitrogens is 2. The molecule has 1 atom stereocenters. The topological polar surface area (TPSA) is 75.3 Å². The molecule has 1 amide bonds. The molecule has 4 rings (SSSR count). The van der Waals surface area contributed by atoms with E-state index in [1.54, 1.807) is 6.26 Å². The molecule has 2 N–H and O–H groups in total. The molecule has 152 valence electrons. The predicted octanol–water partition coefficient (Wildman–Crippen LogP) is 1.88. The van der Waals surface area contributed by atoms with Gasteiger partial charge in [0, 0.05) is 37.4 Å². The van der Waals surface area contributed by atoms with Gasteiger partial charge in [0.2, 0.25) is 0 Å². The highest BCUT2D eigenvalue weighted by Gasteiger charge is 2.28. The number of fused-ring (bicyclic) bond motifs is 1. The Morgan fingerprint density at radius 1 is 1.32 bits per heavy atom. The minimum atomic E-state index is -0.0412. The van der Waals surface area contributed by atoms with Crippen molar-refractivity contribution < 1.29 is 9.21 Å². The minimum Gasteiger partial charge on any atom is -0.468 e. The first-order chi connectivity index (χ1) is 13.7. The zero-order valence-corrected chi connectivity index (χ0v) is 16.7. The molecule has 2 aromatic heterocycles. The Morgan fingerprint density at radius 2 is 2.18 bits per heavy atom. The number of rotatable bonds is 7. The monoisotopic (exact) mass is 385 g/mol. The van der Waals surface area contributed by atoms with Crippen LogP contribution in [0.25, 0.3) is 0 Å². The number of carbonyl (C=O) groups is 1. The molecular weight excluding hydrogens is 354 g/mol. The van der Waals surface area contributed by atoms with Gasteiger partial charge < -0.3 is 20.0 Å². The van der Waals surface area contributed by atoms with Gasteiger partial charge >= 0.3 is 0 Å². The van der Waals surface area contributed by atoms with Gasteiger partial charge in [-0.05, 0) is 57.3 Å². The van der Waals surface area contributed by atoms with Crippen LogP contribution in [0, 0.1) is 0 Å². The van der Waals surface area contributed by atoms with Crippen molar-refractivity contribution in [3.8, 4) is 0 Å². The number of amides is 1. The third kappa shape index (κ3) is 4.47. The van der Waals surface area contributed by atoms with Crippen LogP contribution in [0.15, 0.2) is 22.8 Å². The molecule has 2 aliphatic rings. The van der Waals surface area contributed by atoms with Crippen LogP contribution in [0.3, 0.4) is 0 Å². The van der Waals surface area contributed by atoms with Gasteiger partial charge in [0.05, 0.1) is 12.8 Å². The van der Waals surface area contributed by atoms with E-state index in [2.05, 4.69) is 20.6 Å². The summed E-state index contributed by atoms with van der Waals surface area (Å²) in [6, 6.07) is 4.22. The Hall–Kier alpha value is -2.12. The van der Waals surface area contributed by atoms with Crippen molar-refractivity contribution in [3.63, 3.8) is 0 Å². The molecule has 7 heteroatoms. The van der Waals surface area contributed by atoms with E-state index >= 15 is 0 Å². The number of piperidine rings is 1. The number of furan rings is 1. The normalized spacial score (nSPS) is 20.1. The van der Waals surface area contributed by atoms with Crippen LogP contribution in [0.1, 0.15) is 53.2 Å². The summed E-state index contributed by atoms with van der Waals surface area (Å²) < 4.78 is 7.29. The van der Waals surface area contributed by atoms with Gasteiger partial charge in [-0.3, -0.25) is 9.48 Å². The van der Waals surface area contributed by atoms with Crippen molar-refractivity contribution in [3.05, 3.63) is 41.1 Å². The van der Waals surface area contributed by atoms with Crippen LogP contribution < -0.4 is 10.6 Å². The van der Waals surface area contributed by atoms with Crippen molar-refractivity contribution in [2.24, 2.45) is 7.05 Å². The van der Waals surface area contributed by atoms with Gasteiger partial charge in [0.25, 0.3) is 5.91 Å². The molecule has 1 unspecified atom stereocenters. The summed E-state index contributed by atoms with van der Waals surface area (Å²) in [6.45, 7) is 4.62. The first kappa shape index (κ1) is 19.2. The summed E-state index contributed by atoms with van der Waals surface area (Å²) in [5.41, 5.74) is 2.89. The van der Waals surface area contributed by atoms with Crippen LogP contribution in [-0.4, -0.2) is 52.8 Å². The molecule has 1 fully saturated rings. The molecule has 0 saturated carbocycles. The van der Waals surface area contributed by atoms with Crippen molar-refractivity contribution >= 4 is 5.91 Å². The molecule has 2 aromatic rings. The Kier molecular flexibility index (Phi) is 6.12. The second-order valence-electron chi connectivity index (χ2n) is 7.96. The molecule has 7 nitrogen and oxygen atoms in total. The van der Waals surface area contributed by atoms with E-state index in [0.717, 1.165) is 50.2 Å². The second-order valence-corrected chi connectivity index (χ2v) is 7.96.